The van der Waals surface area contributed by atoms with Gasteiger partial charge in [0.15, 0.2) is 0 Å². The molecule has 1 aromatic heterocycles. The van der Waals surface area contributed by atoms with Gasteiger partial charge >= 0.3 is 0 Å². The molecular formula is C40H47N5O3. The molecule has 6 rings (SSSR count). The molecule has 0 unspecified atom stereocenters. The molecule has 1 fully saturated rings. The number of ether oxygens (including phenoxy) is 1. The fourth-order valence-electron chi connectivity index (χ4n) is 7.00. The number of hydrogen-bond donors (Lipinski definition) is 0. The van der Waals surface area contributed by atoms with Crippen LogP contribution in [0, 0.1) is 0 Å². The second-order valence-corrected chi connectivity index (χ2v) is 13.0. The van der Waals surface area contributed by atoms with E-state index in [4.69, 9.17) is 4.74 Å². The van der Waals surface area contributed by atoms with Gasteiger partial charge in [0.1, 0.15) is 5.75 Å². The molecule has 0 bridgehead atoms. The maximum atomic E-state index is 14.6. The topological polar surface area (TPSA) is 69.2 Å². The van der Waals surface area contributed by atoms with Gasteiger partial charge < -0.3 is 14.5 Å². The highest BCUT2D eigenvalue weighted by Crippen LogP contribution is 2.31. The van der Waals surface area contributed by atoms with Crippen LogP contribution in [0.2, 0.25) is 0 Å². The lowest BCUT2D eigenvalue weighted by atomic mass is 10.0. The standard InChI is InChI=1S/C40H47N5O3/c1-31(46)45-22-10-21-43(28-32-11-5-3-6-12-32)23-24-44(30-36-25-33(14-16-38(36)45)35-13-9-18-41-27-35)40(47)34-15-17-39(48-2)37(26-34)29-42-19-7-4-8-20-42/h3,5-6,9,11-18,25-27H,4,7-8,10,19-24,28-30H2,1-2H3. The van der Waals surface area contributed by atoms with E-state index in [1.165, 1.54) is 24.8 Å². The van der Waals surface area contributed by atoms with Gasteiger partial charge in [-0.25, -0.2) is 0 Å². The number of aromatic nitrogens is 1. The van der Waals surface area contributed by atoms with Crippen molar-refractivity contribution < 1.29 is 14.3 Å². The van der Waals surface area contributed by atoms with Crippen LogP contribution in [-0.2, 0) is 24.4 Å². The number of amides is 2. The van der Waals surface area contributed by atoms with Crippen LogP contribution in [0.3, 0.4) is 0 Å². The second-order valence-electron chi connectivity index (χ2n) is 13.0. The molecule has 2 aliphatic heterocycles. The van der Waals surface area contributed by atoms with E-state index < -0.39 is 0 Å². The van der Waals surface area contributed by atoms with Gasteiger partial charge in [-0.15, -0.1) is 0 Å². The fraction of sp³-hybridized carbons (Fsp3) is 0.375. The van der Waals surface area contributed by atoms with Gasteiger partial charge in [-0.1, -0.05) is 48.9 Å². The number of anilines is 1. The van der Waals surface area contributed by atoms with Crippen LogP contribution >= 0.6 is 0 Å². The lowest BCUT2D eigenvalue weighted by Gasteiger charge is -2.29. The van der Waals surface area contributed by atoms with Crippen LogP contribution in [0.1, 0.15) is 59.7 Å². The number of carbonyl (C=O) groups excluding carboxylic acids is 2. The van der Waals surface area contributed by atoms with Crippen LogP contribution in [0.5, 0.6) is 5.75 Å². The van der Waals surface area contributed by atoms with E-state index in [-0.39, 0.29) is 11.8 Å². The Labute approximate surface area is 284 Å². The highest BCUT2D eigenvalue weighted by molar-refractivity contribution is 5.95. The molecule has 4 aromatic rings. The van der Waals surface area contributed by atoms with Crippen LogP contribution in [0.4, 0.5) is 5.69 Å². The normalized spacial score (nSPS) is 16.5. The van der Waals surface area contributed by atoms with E-state index >= 15 is 0 Å². The zero-order valence-electron chi connectivity index (χ0n) is 28.3. The Kier molecular flexibility index (Phi) is 11.2. The van der Waals surface area contributed by atoms with E-state index in [0.29, 0.717) is 25.2 Å². The Morgan fingerprint density at radius 1 is 0.750 bits per heavy atom. The van der Waals surface area contributed by atoms with Crippen molar-refractivity contribution in [2.45, 2.75) is 52.2 Å². The molecule has 8 nitrogen and oxygen atoms in total. The van der Waals surface area contributed by atoms with Crippen molar-refractivity contribution in [2.24, 2.45) is 0 Å². The number of likely N-dealkylation sites (tertiary alicyclic amines) is 1. The van der Waals surface area contributed by atoms with Crippen LogP contribution in [0.25, 0.3) is 11.1 Å². The first-order chi connectivity index (χ1) is 23.5. The minimum Gasteiger partial charge on any atom is -0.496 e. The molecule has 0 radical (unpaired) electrons. The molecule has 0 N–H and O–H groups in total. The monoisotopic (exact) mass is 645 g/mol. The van der Waals surface area contributed by atoms with Crippen molar-refractivity contribution in [1.29, 1.82) is 0 Å². The lowest BCUT2D eigenvalue weighted by molar-refractivity contribution is -0.116. The third kappa shape index (κ3) is 8.30. The molecule has 3 aromatic carbocycles. The summed E-state index contributed by atoms with van der Waals surface area (Å²) in [5.41, 5.74) is 6.72. The number of carbonyl (C=O) groups is 2. The summed E-state index contributed by atoms with van der Waals surface area (Å²) in [6.45, 7) is 8.36. The first-order valence-electron chi connectivity index (χ1n) is 17.2. The van der Waals surface area contributed by atoms with Gasteiger partial charge in [0.05, 0.1) is 7.11 Å². The van der Waals surface area contributed by atoms with Crippen molar-refractivity contribution in [3.05, 3.63) is 114 Å². The number of rotatable bonds is 7. The largest absolute Gasteiger partial charge is 0.496 e. The molecule has 3 heterocycles. The minimum atomic E-state index is -0.0245. The summed E-state index contributed by atoms with van der Waals surface area (Å²) in [6, 6.07) is 26.5. The van der Waals surface area contributed by atoms with E-state index in [2.05, 4.69) is 51.2 Å². The average molecular weight is 646 g/mol. The fourth-order valence-corrected chi connectivity index (χ4v) is 7.00. The summed E-state index contributed by atoms with van der Waals surface area (Å²) < 4.78 is 5.75. The smallest absolute Gasteiger partial charge is 0.254 e. The quantitative estimate of drug-likeness (QED) is 0.224. The van der Waals surface area contributed by atoms with Crippen molar-refractivity contribution in [1.82, 2.24) is 19.7 Å². The highest BCUT2D eigenvalue weighted by atomic mass is 16.5. The molecule has 2 amide bonds. The van der Waals surface area contributed by atoms with Gasteiger partial charge in [0.2, 0.25) is 5.91 Å². The van der Waals surface area contributed by atoms with E-state index in [0.717, 1.165) is 79.4 Å². The summed E-state index contributed by atoms with van der Waals surface area (Å²) in [6.07, 6.45) is 8.11. The van der Waals surface area contributed by atoms with Gasteiger partial charge in [-0.3, -0.25) is 24.4 Å². The SMILES string of the molecule is COc1ccc(C(=O)N2CCN(Cc3ccccc3)CCCN(C(C)=O)c3ccc(-c4cccnc4)cc3C2)cc1CN1CCCCC1. The third-order valence-corrected chi connectivity index (χ3v) is 9.55. The number of hydrogen-bond acceptors (Lipinski definition) is 6. The molecule has 250 valence electrons. The number of piperidine rings is 1. The molecule has 2 aliphatic rings. The molecule has 48 heavy (non-hydrogen) atoms. The number of nitrogens with zero attached hydrogens (tertiary/aromatic N) is 5. The first-order valence-corrected chi connectivity index (χ1v) is 17.2. The van der Waals surface area contributed by atoms with E-state index in [1.54, 1.807) is 20.2 Å². The van der Waals surface area contributed by atoms with Gasteiger partial charge in [0, 0.05) is 81.9 Å². The molecule has 0 saturated carbocycles. The Bertz CT molecular complexity index is 1670. The summed E-state index contributed by atoms with van der Waals surface area (Å²) in [7, 11) is 1.70. The minimum absolute atomic E-state index is 0.00498. The summed E-state index contributed by atoms with van der Waals surface area (Å²) in [5, 5.41) is 0. The van der Waals surface area contributed by atoms with Crippen LogP contribution in [0.15, 0.2) is 91.3 Å². The predicted molar refractivity (Wildman–Crippen MR) is 191 cm³/mol. The molecule has 1 saturated heterocycles. The maximum absolute atomic E-state index is 14.6. The lowest BCUT2D eigenvalue weighted by Crippen LogP contribution is -2.38. The summed E-state index contributed by atoms with van der Waals surface area (Å²) >= 11 is 0. The predicted octanol–water partition coefficient (Wildman–Crippen LogP) is 6.64. The van der Waals surface area contributed by atoms with Crippen LogP contribution < -0.4 is 9.64 Å². The molecule has 0 spiro atoms. The number of methoxy groups -OCH3 is 1. The van der Waals surface area contributed by atoms with E-state index in [9.17, 15) is 9.59 Å². The number of pyridine rings is 1. The van der Waals surface area contributed by atoms with Crippen molar-refractivity contribution >= 4 is 17.5 Å². The Hall–Kier alpha value is -4.53. The van der Waals surface area contributed by atoms with Crippen molar-refractivity contribution in [3.8, 4) is 16.9 Å². The Balaban J connectivity index is 1.37. The van der Waals surface area contributed by atoms with Crippen molar-refractivity contribution in [3.63, 3.8) is 0 Å². The third-order valence-electron chi connectivity index (χ3n) is 9.55. The molecular weight excluding hydrogens is 598 g/mol. The van der Waals surface area contributed by atoms with Gasteiger partial charge in [0.25, 0.3) is 5.91 Å². The second kappa shape index (κ2) is 16.0. The molecule has 0 aliphatic carbocycles. The highest BCUT2D eigenvalue weighted by Gasteiger charge is 2.25. The van der Waals surface area contributed by atoms with Gasteiger partial charge in [-0.2, -0.15) is 0 Å². The Morgan fingerprint density at radius 2 is 1.54 bits per heavy atom. The summed E-state index contributed by atoms with van der Waals surface area (Å²) in [4.78, 5) is 40.8. The zero-order valence-corrected chi connectivity index (χ0v) is 28.3. The van der Waals surface area contributed by atoms with Crippen LogP contribution in [-0.4, -0.2) is 77.9 Å². The zero-order chi connectivity index (χ0) is 33.3. The maximum Gasteiger partial charge on any atom is 0.254 e. The average Bonchev–Trinajstić information content (AvgIpc) is 3.15. The molecule has 8 heteroatoms. The van der Waals surface area contributed by atoms with Gasteiger partial charge in [-0.05, 0) is 91.0 Å². The first kappa shape index (κ1) is 33.4. The Morgan fingerprint density at radius 3 is 2.29 bits per heavy atom. The van der Waals surface area contributed by atoms with E-state index in [1.807, 2.05) is 58.5 Å². The van der Waals surface area contributed by atoms with Crippen molar-refractivity contribution in [2.75, 3.05) is 51.3 Å². The molecule has 0 atom stereocenters. The number of benzene rings is 3. The summed E-state index contributed by atoms with van der Waals surface area (Å²) in [5.74, 6) is 0.783. The number of fused-ring (bicyclic) bond motifs is 1.